The number of nitrogens with one attached hydrogen (secondary N) is 1. The first-order valence-corrected chi connectivity index (χ1v) is 16.2. The van der Waals surface area contributed by atoms with Crippen LogP contribution in [0.1, 0.15) is 59.4 Å². The molecule has 4 aromatic rings. The molecule has 4 aromatic carbocycles. The first-order chi connectivity index (χ1) is 22.9. The lowest BCUT2D eigenvalue weighted by molar-refractivity contribution is -0.122. The first-order valence-electron chi connectivity index (χ1n) is 15.8. The third kappa shape index (κ3) is 5.52. The largest absolute Gasteiger partial charge is 0.493 e. The van der Waals surface area contributed by atoms with Crippen LogP contribution in [0.25, 0.3) is 6.08 Å². The number of benzene rings is 4. The second-order valence-electron chi connectivity index (χ2n) is 11.9. The maximum absolute atomic E-state index is 14.2. The van der Waals surface area contributed by atoms with Crippen molar-refractivity contribution < 1.29 is 23.9 Å². The van der Waals surface area contributed by atoms with Crippen molar-refractivity contribution >= 4 is 46.9 Å². The summed E-state index contributed by atoms with van der Waals surface area (Å²) >= 11 is 6.49. The Balaban J connectivity index is 1.36. The fourth-order valence-electron chi connectivity index (χ4n) is 7.13. The Morgan fingerprint density at radius 2 is 1.47 bits per heavy atom. The molecular weight excluding hydrogens is 614 g/mol. The lowest BCUT2D eigenvalue weighted by Gasteiger charge is -2.44. The molecule has 3 aliphatic heterocycles. The second kappa shape index (κ2) is 12.6. The summed E-state index contributed by atoms with van der Waals surface area (Å²) in [7, 11) is 1.49. The summed E-state index contributed by atoms with van der Waals surface area (Å²) in [6.07, 6.45) is 3.23. The highest BCUT2D eigenvalue weighted by Crippen LogP contribution is 2.50. The number of ether oxygens (including phenoxy) is 2. The highest BCUT2D eigenvalue weighted by Gasteiger charge is 2.40. The molecule has 0 aliphatic carbocycles. The number of rotatable bonds is 7. The summed E-state index contributed by atoms with van der Waals surface area (Å²) in [5, 5.41) is 2.66. The van der Waals surface area contributed by atoms with Gasteiger partial charge in [-0.3, -0.25) is 14.9 Å². The van der Waals surface area contributed by atoms with Gasteiger partial charge in [0.05, 0.1) is 24.4 Å². The van der Waals surface area contributed by atoms with E-state index < -0.39 is 17.8 Å². The van der Waals surface area contributed by atoms with Gasteiger partial charge < -0.3 is 14.4 Å². The monoisotopic (exact) mass is 647 g/mol. The van der Waals surface area contributed by atoms with Gasteiger partial charge in [0.15, 0.2) is 11.5 Å². The number of barbiturate groups is 1. The van der Waals surface area contributed by atoms with Crippen LogP contribution in [-0.2, 0) is 9.59 Å². The summed E-state index contributed by atoms with van der Waals surface area (Å²) in [5.74, 6) is -0.614. The molecule has 238 valence electrons. The molecule has 0 radical (unpaired) electrons. The maximum atomic E-state index is 14.2. The van der Waals surface area contributed by atoms with Gasteiger partial charge in [-0.15, -0.1) is 0 Å². The van der Waals surface area contributed by atoms with Crippen LogP contribution in [0.4, 0.5) is 16.2 Å². The summed E-state index contributed by atoms with van der Waals surface area (Å²) in [6, 6.07) is 27.0. The zero-order valence-corrected chi connectivity index (χ0v) is 26.9. The van der Waals surface area contributed by atoms with Crippen molar-refractivity contribution in [3.8, 4) is 11.5 Å². The molecule has 4 amide bonds. The minimum atomic E-state index is -0.789. The van der Waals surface area contributed by atoms with Crippen molar-refractivity contribution in [1.82, 2.24) is 5.32 Å². The van der Waals surface area contributed by atoms with Gasteiger partial charge in [-0.05, 0) is 77.9 Å². The van der Waals surface area contributed by atoms with Crippen LogP contribution >= 0.6 is 11.6 Å². The summed E-state index contributed by atoms with van der Waals surface area (Å²) < 4.78 is 11.1. The highest BCUT2D eigenvalue weighted by molar-refractivity contribution is 6.39. The molecule has 0 bridgehead atoms. The van der Waals surface area contributed by atoms with E-state index in [2.05, 4.69) is 34.5 Å². The van der Waals surface area contributed by atoms with Crippen LogP contribution in [0, 0.1) is 0 Å². The summed E-state index contributed by atoms with van der Waals surface area (Å²) in [6.45, 7) is 4.04. The van der Waals surface area contributed by atoms with E-state index in [1.165, 1.54) is 30.0 Å². The van der Waals surface area contributed by atoms with Crippen molar-refractivity contribution in [3.05, 3.63) is 123 Å². The van der Waals surface area contributed by atoms with E-state index in [-0.39, 0.29) is 22.4 Å². The molecule has 9 heteroatoms. The van der Waals surface area contributed by atoms with Gasteiger partial charge in [0.25, 0.3) is 11.8 Å². The van der Waals surface area contributed by atoms with Crippen LogP contribution in [0.2, 0.25) is 5.02 Å². The predicted molar refractivity (Wildman–Crippen MR) is 183 cm³/mol. The van der Waals surface area contributed by atoms with Crippen LogP contribution in [0.5, 0.6) is 11.5 Å². The SMILES string of the molecule is CCOc1c(Cl)cc(/C=C2\C(=O)NC(=O)N(c3cc4c5c(c3)[C@H](c3ccccc3)CCN5CC[C@@H]4c3ccccc3)C2=O)cc1OC. The average molecular weight is 648 g/mol. The molecule has 7 rings (SSSR count). The van der Waals surface area contributed by atoms with E-state index in [4.69, 9.17) is 21.1 Å². The number of amides is 4. The van der Waals surface area contributed by atoms with E-state index >= 15 is 0 Å². The fourth-order valence-corrected chi connectivity index (χ4v) is 7.41. The number of carbonyl (C=O) groups excluding carboxylic acids is 3. The lowest BCUT2D eigenvalue weighted by Crippen LogP contribution is -2.54. The second-order valence-corrected chi connectivity index (χ2v) is 12.3. The van der Waals surface area contributed by atoms with Crippen molar-refractivity contribution in [2.75, 3.05) is 36.6 Å². The number of hydrogen-bond donors (Lipinski definition) is 1. The van der Waals surface area contributed by atoms with Crippen molar-refractivity contribution in [1.29, 1.82) is 0 Å². The zero-order valence-electron chi connectivity index (χ0n) is 26.2. The van der Waals surface area contributed by atoms with Gasteiger partial charge in [-0.2, -0.15) is 0 Å². The van der Waals surface area contributed by atoms with Crippen LogP contribution in [0.15, 0.2) is 90.5 Å². The van der Waals surface area contributed by atoms with Gasteiger partial charge in [-0.1, -0.05) is 72.3 Å². The zero-order chi connectivity index (χ0) is 32.7. The van der Waals surface area contributed by atoms with E-state index in [9.17, 15) is 14.4 Å². The molecular formula is C38H34ClN3O5. The molecule has 47 heavy (non-hydrogen) atoms. The highest BCUT2D eigenvalue weighted by atomic mass is 35.5. The van der Waals surface area contributed by atoms with Crippen LogP contribution < -0.4 is 24.6 Å². The minimum absolute atomic E-state index is 0.0775. The van der Waals surface area contributed by atoms with Gasteiger partial charge in [0.2, 0.25) is 0 Å². The molecule has 2 atom stereocenters. The molecule has 3 heterocycles. The van der Waals surface area contributed by atoms with Gasteiger partial charge in [0.1, 0.15) is 5.57 Å². The molecule has 3 aliphatic rings. The Morgan fingerprint density at radius 3 is 2.02 bits per heavy atom. The van der Waals surface area contributed by atoms with Crippen molar-refractivity contribution in [2.45, 2.75) is 31.6 Å². The van der Waals surface area contributed by atoms with E-state index in [1.807, 2.05) is 55.5 Å². The lowest BCUT2D eigenvalue weighted by atomic mass is 9.76. The Labute approximate surface area is 278 Å². The molecule has 1 fully saturated rings. The molecule has 0 unspecified atom stereocenters. The van der Waals surface area contributed by atoms with Crippen molar-refractivity contribution in [3.63, 3.8) is 0 Å². The fraction of sp³-hybridized carbons (Fsp3) is 0.237. The Morgan fingerprint density at radius 1 is 0.872 bits per heavy atom. The van der Waals surface area contributed by atoms with Crippen LogP contribution in [0.3, 0.4) is 0 Å². The molecule has 8 nitrogen and oxygen atoms in total. The molecule has 0 aromatic heterocycles. The Kier molecular flexibility index (Phi) is 8.20. The molecule has 0 saturated carbocycles. The number of halogens is 1. The standard InChI is InChI=1S/C38H34ClN3O5/c1-3-47-35-32(39)19-23(20-33(35)46-2)18-31-36(43)40-38(45)42(37(31)44)26-21-29-27(24-10-6-4-7-11-24)14-16-41-17-15-28(30(22-26)34(29)41)25-12-8-5-9-13-25/h4-13,18-22,27-28H,3,14-17H2,1-2H3,(H,40,43,45)/b31-18+/t27-,28+. The number of nitrogens with zero attached hydrogens (tertiary/aromatic N) is 2. The third-order valence-corrected chi connectivity index (χ3v) is 9.49. The van der Waals surface area contributed by atoms with Crippen LogP contribution in [-0.4, -0.2) is 44.7 Å². The van der Waals surface area contributed by atoms with Gasteiger partial charge in [-0.25, -0.2) is 9.69 Å². The quantitative estimate of drug-likeness (QED) is 0.167. The number of imide groups is 2. The number of hydrogen-bond acceptors (Lipinski definition) is 6. The number of anilines is 2. The molecule has 1 N–H and O–H groups in total. The molecule has 1 saturated heterocycles. The predicted octanol–water partition coefficient (Wildman–Crippen LogP) is 7.29. The number of urea groups is 1. The average Bonchev–Trinajstić information content (AvgIpc) is 3.08. The summed E-state index contributed by atoms with van der Waals surface area (Å²) in [4.78, 5) is 44.4. The van der Waals surface area contributed by atoms with E-state index in [0.717, 1.165) is 42.0 Å². The first kappa shape index (κ1) is 30.6. The van der Waals surface area contributed by atoms with E-state index in [0.29, 0.717) is 29.4 Å². The van der Waals surface area contributed by atoms with E-state index in [1.54, 1.807) is 12.1 Å². The normalized spacial score (nSPS) is 19.8. The third-order valence-electron chi connectivity index (χ3n) is 9.21. The smallest absolute Gasteiger partial charge is 0.335 e. The Hall–Kier alpha value is -5.08. The Bertz CT molecular complexity index is 1840. The van der Waals surface area contributed by atoms with Crippen molar-refractivity contribution in [2.24, 2.45) is 0 Å². The summed E-state index contributed by atoms with van der Waals surface area (Å²) in [5.41, 5.74) is 6.35. The minimum Gasteiger partial charge on any atom is -0.493 e. The molecule has 0 spiro atoms. The van der Waals surface area contributed by atoms with Gasteiger partial charge in [0, 0.05) is 30.6 Å². The topological polar surface area (TPSA) is 88.2 Å². The number of methoxy groups -OCH3 is 1. The maximum Gasteiger partial charge on any atom is 0.335 e. The number of carbonyl (C=O) groups is 3. The van der Waals surface area contributed by atoms with Gasteiger partial charge >= 0.3 is 6.03 Å².